The van der Waals surface area contributed by atoms with Crippen molar-refractivity contribution in [3.63, 3.8) is 0 Å². The summed E-state index contributed by atoms with van der Waals surface area (Å²) in [5.41, 5.74) is 2.48. The van der Waals surface area contributed by atoms with Gasteiger partial charge in [0.15, 0.2) is 0 Å². The maximum Gasteiger partial charge on any atom is 0.255 e. The lowest BCUT2D eigenvalue weighted by Gasteiger charge is -2.42. The van der Waals surface area contributed by atoms with Gasteiger partial charge in [0.05, 0.1) is 0 Å². The maximum absolute atomic E-state index is 13.6. The van der Waals surface area contributed by atoms with Crippen molar-refractivity contribution in [3.8, 4) is 0 Å². The van der Waals surface area contributed by atoms with Crippen molar-refractivity contribution in [2.45, 2.75) is 83.2 Å². The SMILES string of the molecule is CC(=O)Nc1ccc(NC(=O)c2ccc(C(=O)N(C3CCCCC3)C3CCCCC3)cc2)cc1. The Kier molecular flexibility index (Phi) is 7.99. The van der Waals surface area contributed by atoms with Crippen molar-refractivity contribution >= 4 is 29.1 Å². The van der Waals surface area contributed by atoms with Gasteiger partial charge in [0.2, 0.25) is 5.91 Å². The molecule has 2 aromatic carbocycles. The Morgan fingerprint density at radius 1 is 0.647 bits per heavy atom. The summed E-state index contributed by atoms with van der Waals surface area (Å²) in [4.78, 5) is 39.7. The van der Waals surface area contributed by atoms with E-state index < -0.39 is 0 Å². The van der Waals surface area contributed by atoms with Gasteiger partial charge in [0.25, 0.3) is 11.8 Å². The summed E-state index contributed by atoms with van der Waals surface area (Å²) in [5, 5.41) is 5.57. The minimum atomic E-state index is -0.234. The zero-order chi connectivity index (χ0) is 23.9. The fraction of sp³-hybridized carbons (Fsp3) is 0.464. The molecule has 2 saturated carbocycles. The molecule has 2 fully saturated rings. The molecule has 2 aromatic rings. The smallest absolute Gasteiger partial charge is 0.255 e. The predicted molar refractivity (Wildman–Crippen MR) is 135 cm³/mol. The third-order valence-corrected chi connectivity index (χ3v) is 7.03. The summed E-state index contributed by atoms with van der Waals surface area (Å²) in [6.45, 7) is 1.45. The van der Waals surface area contributed by atoms with Crippen molar-refractivity contribution in [1.82, 2.24) is 4.90 Å². The zero-order valence-electron chi connectivity index (χ0n) is 20.0. The Morgan fingerprint density at radius 3 is 1.56 bits per heavy atom. The Bertz CT molecular complexity index is 971. The van der Waals surface area contributed by atoms with E-state index in [2.05, 4.69) is 15.5 Å². The minimum Gasteiger partial charge on any atom is -0.333 e. The molecule has 0 unspecified atom stereocenters. The van der Waals surface area contributed by atoms with E-state index >= 15 is 0 Å². The summed E-state index contributed by atoms with van der Waals surface area (Å²) in [6.07, 6.45) is 11.7. The molecule has 4 rings (SSSR count). The average molecular weight is 462 g/mol. The van der Waals surface area contributed by atoms with Crippen LogP contribution in [0.5, 0.6) is 0 Å². The molecular formula is C28H35N3O3. The van der Waals surface area contributed by atoms with E-state index in [-0.39, 0.29) is 17.7 Å². The third-order valence-electron chi connectivity index (χ3n) is 7.03. The highest BCUT2D eigenvalue weighted by Gasteiger charge is 2.33. The highest BCUT2D eigenvalue weighted by molar-refractivity contribution is 6.05. The van der Waals surface area contributed by atoms with Crippen LogP contribution < -0.4 is 10.6 Å². The molecule has 34 heavy (non-hydrogen) atoms. The summed E-state index contributed by atoms with van der Waals surface area (Å²) in [5.74, 6) is -0.265. The Hall–Kier alpha value is -3.15. The zero-order valence-corrected chi connectivity index (χ0v) is 20.0. The van der Waals surface area contributed by atoms with Crippen LogP contribution in [0.15, 0.2) is 48.5 Å². The molecule has 0 atom stereocenters. The number of anilines is 2. The molecule has 3 amide bonds. The van der Waals surface area contributed by atoms with Gasteiger partial charge in [-0.25, -0.2) is 0 Å². The molecule has 0 spiro atoms. The highest BCUT2D eigenvalue weighted by Crippen LogP contribution is 2.31. The van der Waals surface area contributed by atoms with Crippen LogP contribution in [-0.4, -0.2) is 34.7 Å². The van der Waals surface area contributed by atoms with Crippen molar-refractivity contribution < 1.29 is 14.4 Å². The van der Waals surface area contributed by atoms with Gasteiger partial charge in [-0.05, 0) is 74.2 Å². The van der Waals surface area contributed by atoms with E-state index in [1.54, 1.807) is 48.5 Å². The first-order valence-electron chi connectivity index (χ1n) is 12.6. The van der Waals surface area contributed by atoms with E-state index in [4.69, 9.17) is 0 Å². The van der Waals surface area contributed by atoms with Crippen LogP contribution in [-0.2, 0) is 4.79 Å². The van der Waals surface area contributed by atoms with Crippen LogP contribution >= 0.6 is 0 Å². The maximum atomic E-state index is 13.6. The van der Waals surface area contributed by atoms with E-state index in [0.717, 1.165) is 25.7 Å². The van der Waals surface area contributed by atoms with Crippen molar-refractivity contribution in [1.29, 1.82) is 0 Å². The number of nitrogens with one attached hydrogen (secondary N) is 2. The fourth-order valence-corrected chi connectivity index (χ4v) is 5.30. The largest absolute Gasteiger partial charge is 0.333 e. The fourth-order valence-electron chi connectivity index (χ4n) is 5.30. The van der Waals surface area contributed by atoms with E-state index in [0.29, 0.717) is 34.6 Å². The number of rotatable bonds is 6. The van der Waals surface area contributed by atoms with Crippen LogP contribution in [0, 0.1) is 0 Å². The van der Waals surface area contributed by atoms with E-state index in [9.17, 15) is 14.4 Å². The summed E-state index contributed by atoms with van der Waals surface area (Å²) >= 11 is 0. The first kappa shape index (κ1) is 24.0. The highest BCUT2D eigenvalue weighted by atomic mass is 16.2. The summed E-state index contributed by atoms with van der Waals surface area (Å²) < 4.78 is 0. The van der Waals surface area contributed by atoms with Crippen molar-refractivity contribution in [3.05, 3.63) is 59.7 Å². The first-order chi connectivity index (χ1) is 16.5. The van der Waals surface area contributed by atoms with Gasteiger partial charge in [-0.2, -0.15) is 0 Å². The second-order valence-corrected chi connectivity index (χ2v) is 9.59. The third kappa shape index (κ3) is 6.04. The lowest BCUT2D eigenvalue weighted by molar-refractivity contribution is -0.114. The molecular weight excluding hydrogens is 426 g/mol. The number of amides is 3. The minimum absolute atomic E-state index is 0.110. The van der Waals surface area contributed by atoms with E-state index in [1.807, 2.05) is 0 Å². The van der Waals surface area contributed by atoms with Gasteiger partial charge in [-0.15, -0.1) is 0 Å². The molecule has 0 aliphatic heterocycles. The summed E-state index contributed by atoms with van der Waals surface area (Å²) in [6, 6.07) is 14.7. The van der Waals surface area contributed by atoms with E-state index in [1.165, 1.54) is 45.4 Å². The molecule has 180 valence electrons. The second kappa shape index (κ2) is 11.3. The van der Waals surface area contributed by atoms with Crippen molar-refractivity contribution in [2.24, 2.45) is 0 Å². The molecule has 0 radical (unpaired) electrons. The van der Waals surface area contributed by atoms with Gasteiger partial charge >= 0.3 is 0 Å². The molecule has 6 nitrogen and oxygen atoms in total. The Morgan fingerprint density at radius 2 is 1.09 bits per heavy atom. The quantitative estimate of drug-likeness (QED) is 0.553. The van der Waals surface area contributed by atoms with Gasteiger partial charge in [0, 0.05) is 41.5 Å². The summed E-state index contributed by atoms with van der Waals surface area (Å²) in [7, 11) is 0. The van der Waals surface area contributed by atoms with Crippen LogP contribution in [0.2, 0.25) is 0 Å². The van der Waals surface area contributed by atoms with Crippen LogP contribution in [0.25, 0.3) is 0 Å². The lowest BCUT2D eigenvalue weighted by atomic mass is 9.88. The number of hydrogen-bond donors (Lipinski definition) is 2. The van der Waals surface area contributed by atoms with Gasteiger partial charge in [-0.1, -0.05) is 38.5 Å². The lowest BCUT2D eigenvalue weighted by Crippen LogP contribution is -2.48. The van der Waals surface area contributed by atoms with Crippen LogP contribution in [0.3, 0.4) is 0 Å². The molecule has 0 bridgehead atoms. The molecule has 0 aromatic heterocycles. The molecule has 2 aliphatic carbocycles. The first-order valence-corrected chi connectivity index (χ1v) is 12.6. The number of hydrogen-bond acceptors (Lipinski definition) is 3. The predicted octanol–water partition coefficient (Wildman–Crippen LogP) is 6.00. The number of carbonyl (C=O) groups is 3. The Balaban J connectivity index is 1.43. The normalized spacial score (nSPS) is 17.1. The van der Waals surface area contributed by atoms with Gasteiger partial charge in [0.1, 0.15) is 0 Å². The average Bonchev–Trinajstić information content (AvgIpc) is 2.86. The topological polar surface area (TPSA) is 78.5 Å². The van der Waals surface area contributed by atoms with Gasteiger partial charge in [-0.3, -0.25) is 14.4 Å². The standard InChI is InChI=1S/C28H35N3O3/c1-20(32)29-23-16-18-24(19-17-23)30-27(33)21-12-14-22(15-13-21)28(34)31(25-8-4-2-5-9-25)26-10-6-3-7-11-26/h12-19,25-26H,2-11H2,1H3,(H,29,32)(H,30,33). The van der Waals surface area contributed by atoms with Gasteiger partial charge < -0.3 is 15.5 Å². The second-order valence-electron chi connectivity index (χ2n) is 9.59. The number of benzene rings is 2. The van der Waals surface area contributed by atoms with Crippen LogP contribution in [0.1, 0.15) is 91.8 Å². The Labute approximate surface area is 202 Å². The monoisotopic (exact) mass is 461 g/mol. The number of carbonyl (C=O) groups excluding carboxylic acids is 3. The van der Waals surface area contributed by atoms with Crippen molar-refractivity contribution in [2.75, 3.05) is 10.6 Å². The van der Waals surface area contributed by atoms with Crippen LogP contribution in [0.4, 0.5) is 11.4 Å². The molecule has 0 saturated heterocycles. The molecule has 0 heterocycles. The molecule has 2 aliphatic rings. The molecule has 6 heteroatoms. The molecule has 2 N–H and O–H groups in total. The number of nitrogens with zero attached hydrogens (tertiary/aromatic N) is 1.